The van der Waals surface area contributed by atoms with Crippen LogP contribution in [0.3, 0.4) is 0 Å². The molecule has 0 aromatic heterocycles. The van der Waals surface area contributed by atoms with Gasteiger partial charge in [-0.05, 0) is 53.5 Å². The molecule has 0 aromatic carbocycles. The Kier molecular flexibility index (Phi) is 7.22. The lowest BCUT2D eigenvalue weighted by molar-refractivity contribution is -0.170. The lowest BCUT2D eigenvalue weighted by atomic mass is 9.64. The van der Waals surface area contributed by atoms with E-state index in [0.717, 1.165) is 7.11 Å². The van der Waals surface area contributed by atoms with Crippen LogP contribution in [0, 0.1) is 23.7 Å². The van der Waals surface area contributed by atoms with Crippen molar-refractivity contribution < 1.29 is 39.2 Å². The van der Waals surface area contributed by atoms with E-state index in [1.165, 1.54) is 0 Å². The molecule has 0 saturated carbocycles. The molecule has 0 amide bonds. The predicted octanol–water partition coefficient (Wildman–Crippen LogP) is 1.55. The number of likely N-dealkylation sites (tertiary alicyclic amines) is 1. The molecule has 9 heteroatoms. The maximum atomic E-state index is 12.6. The third-order valence-electron chi connectivity index (χ3n) is 6.14. The number of methoxy groups -OCH3 is 1. The molecule has 0 aliphatic carbocycles. The van der Waals surface area contributed by atoms with E-state index in [4.69, 9.17) is 9.84 Å². The first-order valence-electron chi connectivity index (χ1n) is 9.15. The van der Waals surface area contributed by atoms with Crippen LogP contribution in [0.5, 0.6) is 0 Å². The number of nitrogens with zero attached hydrogens (tertiary/aromatic N) is 1. The maximum absolute atomic E-state index is 12.6. The molecule has 1 rings (SSSR count). The number of esters is 1. The summed E-state index contributed by atoms with van der Waals surface area (Å²) in [6.45, 7) is 7.88. The zero-order valence-electron chi connectivity index (χ0n) is 17.3. The summed E-state index contributed by atoms with van der Waals surface area (Å²) in [5.41, 5.74) is -0.763. The maximum Gasteiger partial charge on any atom is 0.309 e. The Morgan fingerprint density at radius 2 is 1.46 bits per heavy atom. The van der Waals surface area contributed by atoms with Gasteiger partial charge in [-0.25, -0.2) is 0 Å². The van der Waals surface area contributed by atoms with Gasteiger partial charge in [0.15, 0.2) is 0 Å². The molecule has 0 aromatic rings. The van der Waals surface area contributed by atoms with Crippen molar-refractivity contribution in [2.24, 2.45) is 23.7 Å². The minimum Gasteiger partial charge on any atom is -0.481 e. The standard InChI is InChI=1S/C19H31NO8/c1-18(2)8-10(9-19(3,4)20(18)5)13(17(27)28-6)14(16(25)26)11(15(23)24)7-12(21)22/h10-11,13-14H,7-9H2,1-6H3,(H,21,22)(H,23,24)(H,25,26). The summed E-state index contributed by atoms with van der Waals surface area (Å²) in [5, 5.41) is 28.4. The second-order valence-electron chi connectivity index (χ2n) is 8.81. The molecular weight excluding hydrogens is 370 g/mol. The highest BCUT2D eigenvalue weighted by atomic mass is 16.5. The molecule has 28 heavy (non-hydrogen) atoms. The summed E-state index contributed by atoms with van der Waals surface area (Å²) >= 11 is 0. The Labute approximate surface area is 164 Å². The Hall–Kier alpha value is -2.16. The van der Waals surface area contributed by atoms with Gasteiger partial charge in [0.25, 0.3) is 0 Å². The van der Waals surface area contributed by atoms with E-state index in [2.05, 4.69) is 4.90 Å². The van der Waals surface area contributed by atoms with E-state index in [9.17, 15) is 29.4 Å². The lowest BCUT2D eigenvalue weighted by Crippen LogP contribution is -2.60. The van der Waals surface area contributed by atoms with Crippen molar-refractivity contribution in [3.63, 3.8) is 0 Å². The second kappa shape index (κ2) is 8.46. The normalized spacial score (nSPS) is 22.6. The fourth-order valence-electron chi connectivity index (χ4n) is 4.60. The van der Waals surface area contributed by atoms with Crippen molar-refractivity contribution in [1.29, 1.82) is 0 Å². The second-order valence-corrected chi connectivity index (χ2v) is 8.81. The van der Waals surface area contributed by atoms with Crippen molar-refractivity contribution >= 4 is 23.9 Å². The van der Waals surface area contributed by atoms with E-state index in [-0.39, 0.29) is 11.1 Å². The number of piperidine rings is 1. The van der Waals surface area contributed by atoms with E-state index in [1.807, 2.05) is 34.7 Å². The number of ether oxygens (including phenoxy) is 1. The zero-order chi connectivity index (χ0) is 22.0. The number of carbonyl (C=O) groups excluding carboxylic acids is 1. The van der Waals surface area contributed by atoms with Gasteiger partial charge in [-0.3, -0.25) is 24.1 Å². The van der Waals surface area contributed by atoms with E-state index < -0.39 is 54.0 Å². The van der Waals surface area contributed by atoms with Crippen LogP contribution in [0.25, 0.3) is 0 Å². The highest BCUT2D eigenvalue weighted by molar-refractivity contribution is 5.88. The highest BCUT2D eigenvalue weighted by Gasteiger charge is 2.53. The Bertz CT molecular complexity index is 624. The lowest BCUT2D eigenvalue weighted by Gasteiger charge is -2.55. The monoisotopic (exact) mass is 401 g/mol. The van der Waals surface area contributed by atoms with Crippen LogP contribution in [-0.4, -0.2) is 69.3 Å². The van der Waals surface area contributed by atoms with Crippen molar-refractivity contribution in [2.75, 3.05) is 14.2 Å². The van der Waals surface area contributed by atoms with Crippen molar-refractivity contribution in [1.82, 2.24) is 4.90 Å². The number of hydrogen-bond donors (Lipinski definition) is 3. The summed E-state index contributed by atoms with van der Waals surface area (Å²) in [7, 11) is 3.06. The van der Waals surface area contributed by atoms with Gasteiger partial charge in [0.2, 0.25) is 0 Å². The first-order valence-corrected chi connectivity index (χ1v) is 9.15. The van der Waals surface area contributed by atoms with Gasteiger partial charge in [0, 0.05) is 11.1 Å². The van der Waals surface area contributed by atoms with Crippen molar-refractivity contribution in [3.8, 4) is 0 Å². The average Bonchev–Trinajstić information content (AvgIpc) is 2.53. The molecule has 160 valence electrons. The number of hydrogen-bond acceptors (Lipinski definition) is 6. The van der Waals surface area contributed by atoms with Crippen LogP contribution in [0.2, 0.25) is 0 Å². The summed E-state index contributed by atoms with van der Waals surface area (Å²) in [4.78, 5) is 49.7. The zero-order valence-corrected chi connectivity index (χ0v) is 17.3. The molecule has 0 spiro atoms. The topological polar surface area (TPSA) is 141 Å². The number of carboxylic acids is 3. The molecule has 3 N–H and O–H groups in total. The number of aliphatic carboxylic acids is 3. The van der Waals surface area contributed by atoms with Gasteiger partial charge in [-0.15, -0.1) is 0 Å². The van der Waals surface area contributed by atoms with Gasteiger partial charge in [-0.2, -0.15) is 0 Å². The third kappa shape index (κ3) is 5.01. The number of rotatable bonds is 8. The average molecular weight is 401 g/mol. The smallest absolute Gasteiger partial charge is 0.309 e. The molecular formula is C19H31NO8. The minimum atomic E-state index is -1.75. The van der Waals surface area contributed by atoms with Crippen LogP contribution in [-0.2, 0) is 23.9 Å². The molecule has 3 unspecified atom stereocenters. The quantitative estimate of drug-likeness (QED) is 0.516. The fraction of sp³-hybridized carbons (Fsp3) is 0.789. The van der Waals surface area contributed by atoms with Gasteiger partial charge in [0.1, 0.15) is 0 Å². The molecule has 1 fully saturated rings. The molecule has 1 aliphatic rings. The molecule has 0 radical (unpaired) electrons. The Morgan fingerprint density at radius 3 is 1.79 bits per heavy atom. The summed E-state index contributed by atoms with van der Waals surface area (Å²) < 4.78 is 4.84. The molecule has 9 nitrogen and oxygen atoms in total. The summed E-state index contributed by atoms with van der Waals surface area (Å²) in [5.74, 6) is -10.5. The van der Waals surface area contributed by atoms with Crippen LogP contribution in [0.15, 0.2) is 0 Å². The van der Waals surface area contributed by atoms with Crippen LogP contribution < -0.4 is 0 Å². The van der Waals surface area contributed by atoms with E-state index in [0.29, 0.717) is 12.8 Å². The van der Waals surface area contributed by atoms with Gasteiger partial charge in [-0.1, -0.05) is 0 Å². The predicted molar refractivity (Wildman–Crippen MR) is 98.7 cm³/mol. The van der Waals surface area contributed by atoms with Crippen molar-refractivity contribution in [3.05, 3.63) is 0 Å². The van der Waals surface area contributed by atoms with Crippen LogP contribution >= 0.6 is 0 Å². The van der Waals surface area contributed by atoms with Gasteiger partial charge >= 0.3 is 23.9 Å². The molecule has 1 heterocycles. The number of carbonyl (C=O) groups is 4. The number of carboxylic acid groups (broad SMARTS) is 3. The van der Waals surface area contributed by atoms with E-state index >= 15 is 0 Å². The SMILES string of the molecule is COC(=O)C(C1CC(C)(C)N(C)C(C)(C)C1)C(C(=O)O)C(CC(=O)O)C(=O)O. The first-order chi connectivity index (χ1) is 12.7. The van der Waals surface area contributed by atoms with Crippen molar-refractivity contribution in [2.45, 2.75) is 58.0 Å². The van der Waals surface area contributed by atoms with E-state index in [1.54, 1.807) is 0 Å². The highest BCUT2D eigenvalue weighted by Crippen LogP contribution is 2.46. The first kappa shape index (κ1) is 23.9. The van der Waals surface area contributed by atoms with Crippen LogP contribution in [0.4, 0.5) is 0 Å². The minimum absolute atomic E-state index is 0.382. The molecule has 1 aliphatic heterocycles. The Balaban J connectivity index is 3.49. The molecule has 0 bridgehead atoms. The van der Waals surface area contributed by atoms with Gasteiger partial charge < -0.3 is 20.1 Å². The summed E-state index contributed by atoms with van der Waals surface area (Å²) in [6.07, 6.45) is -0.00895. The van der Waals surface area contributed by atoms with Gasteiger partial charge in [0.05, 0.1) is 31.3 Å². The summed E-state index contributed by atoms with van der Waals surface area (Å²) in [6, 6.07) is 0. The largest absolute Gasteiger partial charge is 0.481 e. The molecule has 3 atom stereocenters. The Morgan fingerprint density at radius 1 is 1.00 bits per heavy atom. The third-order valence-corrected chi connectivity index (χ3v) is 6.14. The fourth-order valence-corrected chi connectivity index (χ4v) is 4.60. The van der Waals surface area contributed by atoms with Crippen LogP contribution in [0.1, 0.15) is 47.0 Å². The molecule has 1 saturated heterocycles.